The van der Waals surface area contributed by atoms with E-state index in [1.807, 2.05) is 0 Å². The van der Waals surface area contributed by atoms with Gasteiger partial charge in [-0.15, -0.1) is 0 Å². The maximum absolute atomic E-state index is 12.5. The molecule has 0 aromatic carbocycles. The highest BCUT2D eigenvalue weighted by Gasteiger charge is 2.35. The highest BCUT2D eigenvalue weighted by Crippen LogP contribution is 2.29. The van der Waals surface area contributed by atoms with Crippen molar-refractivity contribution < 1.29 is 18.0 Å². The summed E-state index contributed by atoms with van der Waals surface area (Å²) in [6.07, 6.45) is -2.52. The van der Waals surface area contributed by atoms with Crippen LogP contribution in [0, 0.1) is 11.8 Å². The minimum absolute atomic E-state index is 0.215. The molecule has 0 saturated carbocycles. The van der Waals surface area contributed by atoms with Crippen molar-refractivity contribution in [2.45, 2.75) is 12.6 Å². The quantitative estimate of drug-likeness (QED) is 0.860. The van der Waals surface area contributed by atoms with E-state index in [1.54, 1.807) is 4.90 Å². The molecule has 2 aliphatic heterocycles. The van der Waals surface area contributed by atoms with Crippen LogP contribution in [0.25, 0.3) is 0 Å². The smallest absolute Gasteiger partial charge is 0.338 e. The third kappa shape index (κ3) is 2.88. The van der Waals surface area contributed by atoms with Crippen LogP contribution in [-0.4, -0.2) is 42.0 Å². The van der Waals surface area contributed by atoms with Crippen LogP contribution in [0.15, 0.2) is 18.3 Å². The molecule has 3 heterocycles. The molecule has 1 aromatic heterocycles. The van der Waals surface area contributed by atoms with E-state index in [4.69, 9.17) is 0 Å². The van der Waals surface area contributed by atoms with Crippen molar-refractivity contribution in [2.75, 3.05) is 26.2 Å². The summed E-state index contributed by atoms with van der Waals surface area (Å²) in [6, 6.07) is 2.06. The number of aromatic nitrogens is 1. The second kappa shape index (κ2) is 5.29. The molecule has 4 nitrogen and oxygen atoms in total. The van der Waals surface area contributed by atoms with Crippen molar-refractivity contribution in [3.8, 4) is 0 Å². The van der Waals surface area contributed by atoms with Crippen molar-refractivity contribution in [3.63, 3.8) is 0 Å². The normalized spacial score (nSPS) is 25.8. The fourth-order valence-electron chi connectivity index (χ4n) is 3.09. The first-order valence-corrected chi connectivity index (χ1v) is 6.98. The molecule has 7 heteroatoms. The third-order valence-electron chi connectivity index (χ3n) is 4.29. The highest BCUT2D eigenvalue weighted by atomic mass is 19.4. The second-order valence-electron chi connectivity index (χ2n) is 5.65. The topological polar surface area (TPSA) is 45.2 Å². The largest absolute Gasteiger partial charge is 0.433 e. The van der Waals surface area contributed by atoms with Gasteiger partial charge in [-0.05, 0) is 43.5 Å². The van der Waals surface area contributed by atoms with Gasteiger partial charge < -0.3 is 10.2 Å². The van der Waals surface area contributed by atoms with Gasteiger partial charge >= 0.3 is 6.18 Å². The number of hydrogen-bond acceptors (Lipinski definition) is 3. The monoisotopic (exact) mass is 299 g/mol. The molecule has 1 aromatic rings. The number of nitrogens with one attached hydrogen (secondary N) is 1. The molecule has 2 saturated heterocycles. The summed E-state index contributed by atoms with van der Waals surface area (Å²) in [7, 11) is 0. The van der Waals surface area contributed by atoms with Crippen molar-refractivity contribution in [2.24, 2.45) is 11.8 Å². The van der Waals surface area contributed by atoms with Gasteiger partial charge in [-0.3, -0.25) is 9.78 Å². The Morgan fingerprint density at radius 2 is 2.05 bits per heavy atom. The van der Waals surface area contributed by atoms with Gasteiger partial charge in [-0.2, -0.15) is 13.2 Å². The number of hydrogen-bond donors (Lipinski definition) is 1. The van der Waals surface area contributed by atoms with Crippen LogP contribution in [0.1, 0.15) is 22.5 Å². The average Bonchev–Trinajstić information content (AvgIpc) is 2.93. The molecule has 0 aliphatic carbocycles. The molecule has 2 unspecified atom stereocenters. The molecule has 1 N–H and O–H groups in total. The predicted octanol–water partition coefficient (Wildman–Crippen LogP) is 1.78. The van der Waals surface area contributed by atoms with E-state index in [1.165, 1.54) is 6.07 Å². The zero-order chi connectivity index (χ0) is 15.0. The van der Waals surface area contributed by atoms with Crippen molar-refractivity contribution in [1.82, 2.24) is 15.2 Å². The first-order chi connectivity index (χ1) is 9.95. The average molecular weight is 299 g/mol. The Morgan fingerprint density at radius 1 is 1.29 bits per heavy atom. The number of likely N-dealkylation sites (tertiary alicyclic amines) is 1. The molecule has 2 fully saturated rings. The molecule has 114 valence electrons. The Hall–Kier alpha value is -1.63. The van der Waals surface area contributed by atoms with Gasteiger partial charge in [-0.1, -0.05) is 0 Å². The minimum atomic E-state index is -4.48. The molecule has 3 rings (SSSR count). The summed E-state index contributed by atoms with van der Waals surface area (Å²) in [5.74, 6) is 0.825. The van der Waals surface area contributed by atoms with Crippen LogP contribution in [-0.2, 0) is 6.18 Å². The first kappa shape index (κ1) is 14.3. The SMILES string of the molecule is O=C(c1ccc(C(F)(F)F)nc1)N1CCC2CNCC2C1. The molecule has 0 spiro atoms. The molecule has 2 aliphatic rings. The zero-order valence-corrected chi connectivity index (χ0v) is 11.4. The molecule has 0 bridgehead atoms. The summed E-state index contributed by atoms with van der Waals surface area (Å²) in [5.41, 5.74) is -0.759. The van der Waals surface area contributed by atoms with Gasteiger partial charge in [0, 0.05) is 19.3 Å². The van der Waals surface area contributed by atoms with Crippen LogP contribution >= 0.6 is 0 Å². The van der Waals surface area contributed by atoms with Crippen LogP contribution in [0.2, 0.25) is 0 Å². The lowest BCUT2D eigenvalue weighted by molar-refractivity contribution is -0.141. The van der Waals surface area contributed by atoms with Crippen LogP contribution < -0.4 is 5.32 Å². The van der Waals surface area contributed by atoms with E-state index < -0.39 is 11.9 Å². The Bertz CT molecular complexity index is 529. The number of rotatable bonds is 1. The number of carbonyl (C=O) groups excluding carboxylic acids is 1. The van der Waals surface area contributed by atoms with Crippen molar-refractivity contribution >= 4 is 5.91 Å². The lowest BCUT2D eigenvalue weighted by Gasteiger charge is -2.34. The summed E-state index contributed by atoms with van der Waals surface area (Å²) in [6.45, 7) is 3.22. The van der Waals surface area contributed by atoms with Gasteiger partial charge in [0.1, 0.15) is 5.69 Å². The van der Waals surface area contributed by atoms with Crippen molar-refractivity contribution in [1.29, 1.82) is 0 Å². The molecule has 1 amide bonds. The Balaban J connectivity index is 1.70. The van der Waals surface area contributed by atoms with E-state index in [2.05, 4.69) is 10.3 Å². The van der Waals surface area contributed by atoms with Crippen LogP contribution in [0.4, 0.5) is 13.2 Å². The van der Waals surface area contributed by atoms with E-state index in [0.29, 0.717) is 24.9 Å². The number of amides is 1. The molecular formula is C14H16F3N3O. The van der Waals surface area contributed by atoms with Crippen LogP contribution in [0.5, 0.6) is 0 Å². The second-order valence-corrected chi connectivity index (χ2v) is 5.65. The summed E-state index contributed by atoms with van der Waals surface area (Å²) in [5, 5.41) is 3.31. The van der Waals surface area contributed by atoms with Gasteiger partial charge in [0.25, 0.3) is 5.91 Å². The highest BCUT2D eigenvalue weighted by molar-refractivity contribution is 5.94. The van der Waals surface area contributed by atoms with E-state index in [0.717, 1.165) is 31.8 Å². The standard InChI is InChI=1S/C14H16F3N3O/c15-14(16,17)12-2-1-10(7-19-12)13(21)20-4-3-9-5-18-6-11(9)8-20/h1-2,7,9,11,18H,3-6,8H2. The van der Waals surface area contributed by atoms with E-state index in [-0.39, 0.29) is 11.5 Å². The number of alkyl halides is 3. The number of nitrogens with zero attached hydrogens (tertiary/aromatic N) is 2. The number of piperidine rings is 1. The first-order valence-electron chi connectivity index (χ1n) is 6.98. The zero-order valence-electron chi connectivity index (χ0n) is 11.4. The molecule has 21 heavy (non-hydrogen) atoms. The molecular weight excluding hydrogens is 283 g/mol. The maximum Gasteiger partial charge on any atom is 0.433 e. The van der Waals surface area contributed by atoms with Crippen molar-refractivity contribution in [3.05, 3.63) is 29.6 Å². The molecule has 0 radical (unpaired) electrons. The predicted molar refractivity (Wildman–Crippen MR) is 69.6 cm³/mol. The van der Waals surface area contributed by atoms with Gasteiger partial charge in [0.05, 0.1) is 5.56 Å². The Kier molecular flexibility index (Phi) is 3.61. The Morgan fingerprint density at radius 3 is 2.71 bits per heavy atom. The summed E-state index contributed by atoms with van der Waals surface area (Å²) in [4.78, 5) is 17.4. The molecule has 2 atom stereocenters. The van der Waals surface area contributed by atoms with E-state index in [9.17, 15) is 18.0 Å². The van der Waals surface area contributed by atoms with E-state index >= 15 is 0 Å². The maximum atomic E-state index is 12.5. The minimum Gasteiger partial charge on any atom is -0.338 e. The van der Waals surface area contributed by atoms with Gasteiger partial charge in [-0.25, -0.2) is 0 Å². The van der Waals surface area contributed by atoms with Gasteiger partial charge in [0.2, 0.25) is 0 Å². The lowest BCUT2D eigenvalue weighted by Crippen LogP contribution is -2.43. The van der Waals surface area contributed by atoms with Gasteiger partial charge in [0.15, 0.2) is 0 Å². The number of pyridine rings is 1. The lowest BCUT2D eigenvalue weighted by atomic mass is 9.88. The third-order valence-corrected chi connectivity index (χ3v) is 4.29. The number of fused-ring (bicyclic) bond motifs is 1. The fraction of sp³-hybridized carbons (Fsp3) is 0.571. The Labute approximate surface area is 120 Å². The fourth-order valence-corrected chi connectivity index (χ4v) is 3.09. The summed E-state index contributed by atoms with van der Waals surface area (Å²) < 4.78 is 37.4. The number of halogens is 3. The van der Waals surface area contributed by atoms with Crippen LogP contribution in [0.3, 0.4) is 0 Å². The number of carbonyl (C=O) groups is 1. The summed E-state index contributed by atoms with van der Waals surface area (Å²) >= 11 is 0.